The van der Waals surface area contributed by atoms with Gasteiger partial charge >= 0.3 is 0 Å². The van der Waals surface area contributed by atoms with Crippen LogP contribution in [0.3, 0.4) is 0 Å². The van der Waals surface area contributed by atoms with Gasteiger partial charge in [-0.2, -0.15) is 0 Å². The van der Waals surface area contributed by atoms with E-state index in [1.165, 1.54) is 36.6 Å². The molecule has 0 saturated heterocycles. The van der Waals surface area contributed by atoms with Gasteiger partial charge in [-0.15, -0.1) is 35.4 Å². The number of hydrogen-bond acceptors (Lipinski definition) is 3. The summed E-state index contributed by atoms with van der Waals surface area (Å²) >= 11 is 0. The number of aryl methyl sites for hydroxylation is 1. The van der Waals surface area contributed by atoms with Crippen LogP contribution >= 0.6 is 0 Å². The number of aliphatic hydroxyl groups is 2. The van der Waals surface area contributed by atoms with E-state index in [4.69, 9.17) is 15.2 Å². The second kappa shape index (κ2) is 14.4. The largest absolute Gasteiger partial charge is 0.393 e. The number of pyridine rings is 1. The first kappa shape index (κ1) is 26.5. The van der Waals surface area contributed by atoms with Crippen molar-refractivity contribution in [2.75, 3.05) is 0 Å². The van der Waals surface area contributed by atoms with Crippen LogP contribution in [0.5, 0.6) is 0 Å². The van der Waals surface area contributed by atoms with Gasteiger partial charge in [-0.05, 0) is 37.4 Å². The van der Waals surface area contributed by atoms with Gasteiger partial charge in [0.15, 0.2) is 0 Å². The first-order chi connectivity index (χ1) is 14.0. The Morgan fingerprint density at radius 1 is 0.900 bits per heavy atom. The van der Waals surface area contributed by atoms with E-state index in [1.807, 2.05) is 12.1 Å². The number of hydrogen-bond donors (Lipinski definition) is 2. The minimum absolute atomic E-state index is 0. The molecule has 3 rings (SSSR count). The zero-order valence-corrected chi connectivity index (χ0v) is 20.7. The van der Waals surface area contributed by atoms with Gasteiger partial charge in [-0.3, -0.25) is 4.98 Å². The Hall–Kier alpha value is -1.58. The van der Waals surface area contributed by atoms with Crippen molar-refractivity contribution in [1.29, 1.82) is 0 Å². The molecule has 3 aromatic rings. The van der Waals surface area contributed by atoms with Crippen molar-refractivity contribution < 1.29 is 30.3 Å². The molecule has 0 bridgehead atoms. The average Bonchev–Trinajstić information content (AvgIpc) is 2.71. The molecule has 165 valence electrons. The zero-order chi connectivity index (χ0) is 21.1. The smallest absolute Gasteiger partial charge is 0.0595 e. The summed E-state index contributed by atoms with van der Waals surface area (Å²) < 4.78 is 0. The maximum absolute atomic E-state index is 8.56. The molecule has 1 aromatic heterocycles. The molecular weight excluding hydrogens is 551 g/mol. The van der Waals surface area contributed by atoms with Gasteiger partial charge in [0.25, 0.3) is 0 Å². The maximum Gasteiger partial charge on any atom is 0.0595 e. The van der Waals surface area contributed by atoms with Crippen molar-refractivity contribution in [1.82, 2.24) is 4.98 Å². The summed E-state index contributed by atoms with van der Waals surface area (Å²) in [5, 5.41) is 18.3. The number of unbranched alkanes of at least 4 members (excludes halogenated alkanes) is 3. The fourth-order valence-corrected chi connectivity index (χ4v) is 3.24. The van der Waals surface area contributed by atoms with Gasteiger partial charge in [0.05, 0.1) is 17.7 Å². The van der Waals surface area contributed by atoms with Gasteiger partial charge in [0.2, 0.25) is 0 Å². The van der Waals surface area contributed by atoms with E-state index in [0.717, 1.165) is 23.2 Å². The third-order valence-electron chi connectivity index (χ3n) is 4.75. The molecule has 0 aliphatic rings. The van der Waals surface area contributed by atoms with E-state index in [0.29, 0.717) is 6.42 Å². The predicted octanol–water partition coefficient (Wildman–Crippen LogP) is 5.96. The van der Waals surface area contributed by atoms with Gasteiger partial charge in [0.1, 0.15) is 0 Å². The minimum atomic E-state index is -0.375. The second-order valence-electron chi connectivity index (χ2n) is 7.74. The summed E-state index contributed by atoms with van der Waals surface area (Å²) in [5.74, 6) is 0. The van der Waals surface area contributed by atoms with E-state index in [9.17, 15) is 0 Å². The standard InChI is InChI=1S/C21H22N.C5H12O2.Ir/c1-2-3-4-5-8-17-11-13-19(14-12-17)21-16-15-18-9-6-7-10-20(18)22-21;1-4(6)3-5(2)7;/h6-7,9-13,15-16H,2-5,8H2,1H3;4-7H,3H2,1-2H3;/q-1;;. The predicted molar refractivity (Wildman–Crippen MR) is 122 cm³/mol. The average molecular weight is 585 g/mol. The number of benzene rings is 2. The number of aliphatic hydroxyl groups excluding tert-OH is 2. The van der Waals surface area contributed by atoms with Crippen molar-refractivity contribution in [3.8, 4) is 11.3 Å². The molecule has 4 heteroatoms. The monoisotopic (exact) mass is 585 g/mol. The van der Waals surface area contributed by atoms with E-state index in [-0.39, 0.29) is 32.3 Å². The van der Waals surface area contributed by atoms with Crippen LogP contribution in [0.4, 0.5) is 0 Å². The minimum Gasteiger partial charge on any atom is -0.393 e. The molecule has 2 unspecified atom stereocenters. The molecule has 0 aliphatic heterocycles. The SMILES string of the molecule is CC(O)CC(C)O.CCCCCCc1c[c-]c(-c2ccc3ccccc3n2)cc1.[Ir]. The third-order valence-corrected chi connectivity index (χ3v) is 4.75. The fraction of sp³-hybridized carbons (Fsp3) is 0.423. The Balaban J connectivity index is 0.000000489. The topological polar surface area (TPSA) is 53.4 Å². The summed E-state index contributed by atoms with van der Waals surface area (Å²) in [7, 11) is 0. The summed E-state index contributed by atoms with van der Waals surface area (Å²) in [6, 6.07) is 22.3. The summed E-state index contributed by atoms with van der Waals surface area (Å²) in [6.07, 6.45) is 6.10. The third kappa shape index (κ3) is 9.49. The Morgan fingerprint density at radius 2 is 1.63 bits per heavy atom. The second-order valence-corrected chi connectivity index (χ2v) is 7.74. The number of para-hydroxylation sites is 1. The van der Waals surface area contributed by atoms with Crippen molar-refractivity contribution in [2.45, 2.75) is 71.5 Å². The molecule has 2 aromatic carbocycles. The van der Waals surface area contributed by atoms with E-state index in [1.54, 1.807) is 13.8 Å². The van der Waals surface area contributed by atoms with Crippen LogP contribution in [0.25, 0.3) is 22.2 Å². The fourth-order valence-electron chi connectivity index (χ4n) is 3.24. The van der Waals surface area contributed by atoms with Crippen LogP contribution in [-0.4, -0.2) is 27.4 Å². The first-order valence-electron chi connectivity index (χ1n) is 10.7. The molecule has 0 fully saturated rings. The van der Waals surface area contributed by atoms with Gasteiger partial charge in [0, 0.05) is 20.1 Å². The number of nitrogens with zero attached hydrogens (tertiary/aromatic N) is 1. The van der Waals surface area contributed by atoms with Crippen LogP contribution in [0.2, 0.25) is 0 Å². The molecule has 2 N–H and O–H groups in total. The van der Waals surface area contributed by atoms with E-state index in [2.05, 4.69) is 55.5 Å². The summed E-state index contributed by atoms with van der Waals surface area (Å²) in [6.45, 7) is 5.57. The molecule has 0 spiro atoms. The van der Waals surface area contributed by atoms with Crippen LogP contribution in [0.15, 0.2) is 54.6 Å². The van der Waals surface area contributed by atoms with Gasteiger partial charge in [-0.1, -0.05) is 69.4 Å². The van der Waals surface area contributed by atoms with Gasteiger partial charge < -0.3 is 10.2 Å². The molecular formula is C26H34IrNO2-. The van der Waals surface area contributed by atoms with Crippen LogP contribution in [0, 0.1) is 6.07 Å². The maximum atomic E-state index is 8.56. The Labute approximate surface area is 194 Å². The Bertz CT molecular complexity index is 841. The normalized spacial score (nSPS) is 12.4. The summed E-state index contributed by atoms with van der Waals surface area (Å²) in [5.41, 5.74) is 4.48. The first-order valence-corrected chi connectivity index (χ1v) is 10.7. The molecule has 3 nitrogen and oxygen atoms in total. The van der Waals surface area contributed by atoms with E-state index < -0.39 is 0 Å². The number of rotatable bonds is 8. The van der Waals surface area contributed by atoms with Crippen molar-refractivity contribution >= 4 is 10.9 Å². The molecule has 0 amide bonds. The molecule has 0 aliphatic carbocycles. The molecule has 30 heavy (non-hydrogen) atoms. The number of fused-ring (bicyclic) bond motifs is 1. The van der Waals surface area contributed by atoms with E-state index >= 15 is 0 Å². The quantitative estimate of drug-likeness (QED) is 0.254. The Morgan fingerprint density at radius 3 is 2.23 bits per heavy atom. The van der Waals surface area contributed by atoms with Crippen LogP contribution < -0.4 is 0 Å². The van der Waals surface area contributed by atoms with Crippen molar-refractivity contribution in [3.63, 3.8) is 0 Å². The molecule has 0 saturated carbocycles. The van der Waals surface area contributed by atoms with Gasteiger partial charge in [-0.25, -0.2) is 0 Å². The summed E-state index contributed by atoms with van der Waals surface area (Å²) in [4.78, 5) is 4.73. The van der Waals surface area contributed by atoms with Crippen molar-refractivity contribution in [3.05, 3.63) is 66.2 Å². The van der Waals surface area contributed by atoms with Crippen LogP contribution in [-0.2, 0) is 26.5 Å². The zero-order valence-electron chi connectivity index (χ0n) is 18.3. The molecule has 1 heterocycles. The Kier molecular flexibility index (Phi) is 12.7. The van der Waals surface area contributed by atoms with Crippen LogP contribution in [0.1, 0.15) is 58.4 Å². The molecule has 1 radical (unpaired) electrons. The van der Waals surface area contributed by atoms with Crippen molar-refractivity contribution in [2.24, 2.45) is 0 Å². The number of aromatic nitrogens is 1. The molecule has 2 atom stereocenters.